The Hall–Kier alpha value is -3.21. The minimum absolute atomic E-state index is 0.0286. The Morgan fingerprint density at radius 1 is 1.23 bits per heavy atom. The van der Waals surface area contributed by atoms with Gasteiger partial charge in [-0.1, -0.05) is 12.1 Å². The summed E-state index contributed by atoms with van der Waals surface area (Å²) in [5.74, 6) is -0.520. The number of hydrogen-bond donors (Lipinski definition) is 1. The van der Waals surface area contributed by atoms with Crippen LogP contribution in [-0.2, 0) is 21.4 Å². The molecule has 0 radical (unpaired) electrons. The maximum Gasteiger partial charge on any atom is 0.271 e. The van der Waals surface area contributed by atoms with E-state index in [2.05, 4.69) is 5.32 Å². The summed E-state index contributed by atoms with van der Waals surface area (Å²) in [7, 11) is -2.46. The van der Waals surface area contributed by atoms with Gasteiger partial charge >= 0.3 is 0 Å². The molecule has 0 aliphatic carbocycles. The second-order valence-electron chi connectivity index (χ2n) is 6.46. The SMILES string of the molecule is COc1ccc([N+](=O)[O-])cc1N(CCCC(=O)NCc1ccc(F)cc1)S(C)(=O)=O. The molecule has 0 aliphatic heterocycles. The van der Waals surface area contributed by atoms with Crippen molar-refractivity contribution in [2.24, 2.45) is 0 Å². The fourth-order valence-electron chi connectivity index (χ4n) is 2.73. The zero-order valence-electron chi connectivity index (χ0n) is 16.5. The third-order valence-electron chi connectivity index (χ3n) is 4.21. The number of methoxy groups -OCH3 is 1. The van der Waals surface area contributed by atoms with E-state index in [0.29, 0.717) is 0 Å². The van der Waals surface area contributed by atoms with Gasteiger partial charge in [-0.3, -0.25) is 19.2 Å². The number of nitro benzene ring substituents is 1. The Morgan fingerprint density at radius 3 is 2.47 bits per heavy atom. The van der Waals surface area contributed by atoms with Gasteiger partial charge in [-0.2, -0.15) is 0 Å². The monoisotopic (exact) mass is 439 g/mol. The molecule has 0 fully saturated rings. The largest absolute Gasteiger partial charge is 0.495 e. The molecule has 1 N–H and O–H groups in total. The van der Waals surface area contributed by atoms with Crippen LogP contribution in [0.1, 0.15) is 18.4 Å². The minimum Gasteiger partial charge on any atom is -0.495 e. The number of carbonyl (C=O) groups is 1. The average molecular weight is 439 g/mol. The van der Waals surface area contributed by atoms with Crippen LogP contribution < -0.4 is 14.4 Å². The molecular formula is C19H22FN3O6S. The Kier molecular flexibility index (Phi) is 7.70. The molecule has 162 valence electrons. The highest BCUT2D eigenvalue weighted by molar-refractivity contribution is 7.92. The second-order valence-corrected chi connectivity index (χ2v) is 8.36. The fourth-order valence-corrected chi connectivity index (χ4v) is 3.69. The number of benzene rings is 2. The van der Waals surface area contributed by atoms with Crippen molar-refractivity contribution in [3.05, 3.63) is 64.0 Å². The second kappa shape index (κ2) is 10.0. The van der Waals surface area contributed by atoms with E-state index in [1.54, 1.807) is 12.1 Å². The van der Waals surface area contributed by atoms with E-state index in [0.717, 1.165) is 22.2 Å². The normalized spacial score (nSPS) is 11.0. The van der Waals surface area contributed by atoms with E-state index >= 15 is 0 Å². The van der Waals surface area contributed by atoms with Crippen LogP contribution in [0.3, 0.4) is 0 Å². The van der Waals surface area contributed by atoms with Crippen molar-refractivity contribution in [1.29, 1.82) is 0 Å². The fraction of sp³-hybridized carbons (Fsp3) is 0.316. The predicted octanol–water partition coefficient (Wildman–Crippen LogP) is 2.61. The highest BCUT2D eigenvalue weighted by Crippen LogP contribution is 2.33. The number of ether oxygens (including phenoxy) is 1. The molecule has 9 nitrogen and oxygen atoms in total. The topological polar surface area (TPSA) is 119 Å². The van der Waals surface area contributed by atoms with Crippen molar-refractivity contribution >= 4 is 27.3 Å². The van der Waals surface area contributed by atoms with E-state index < -0.39 is 14.9 Å². The van der Waals surface area contributed by atoms with E-state index in [4.69, 9.17) is 4.74 Å². The molecule has 2 aromatic rings. The van der Waals surface area contributed by atoms with Gasteiger partial charge in [0.05, 0.1) is 18.3 Å². The number of amides is 1. The number of hydrogen-bond acceptors (Lipinski definition) is 6. The molecule has 1 amide bonds. The lowest BCUT2D eigenvalue weighted by Gasteiger charge is -2.24. The van der Waals surface area contributed by atoms with Crippen molar-refractivity contribution in [2.75, 3.05) is 24.2 Å². The van der Waals surface area contributed by atoms with Crippen LogP contribution >= 0.6 is 0 Å². The van der Waals surface area contributed by atoms with Gasteiger partial charge in [0, 0.05) is 31.6 Å². The quantitative estimate of drug-likeness (QED) is 0.449. The number of sulfonamides is 1. The van der Waals surface area contributed by atoms with Gasteiger partial charge < -0.3 is 10.1 Å². The Labute approximate surface area is 173 Å². The molecule has 0 atom stereocenters. The van der Waals surface area contributed by atoms with Gasteiger partial charge in [-0.15, -0.1) is 0 Å². The van der Waals surface area contributed by atoms with Crippen molar-refractivity contribution < 1.29 is 27.3 Å². The van der Waals surface area contributed by atoms with E-state index in [1.807, 2.05) is 0 Å². The molecule has 0 aromatic heterocycles. The third kappa shape index (κ3) is 6.41. The van der Waals surface area contributed by atoms with Crippen LogP contribution in [0.15, 0.2) is 42.5 Å². The zero-order valence-corrected chi connectivity index (χ0v) is 17.3. The summed E-state index contributed by atoms with van der Waals surface area (Å²) < 4.78 is 43.6. The van der Waals surface area contributed by atoms with Crippen LogP contribution in [0.4, 0.5) is 15.8 Å². The van der Waals surface area contributed by atoms with Crippen molar-refractivity contribution in [1.82, 2.24) is 5.32 Å². The molecule has 0 saturated heterocycles. The highest BCUT2D eigenvalue weighted by atomic mass is 32.2. The lowest BCUT2D eigenvalue weighted by Crippen LogP contribution is -2.32. The summed E-state index contributed by atoms with van der Waals surface area (Å²) in [6, 6.07) is 9.34. The molecule has 11 heteroatoms. The third-order valence-corrected chi connectivity index (χ3v) is 5.39. The first-order chi connectivity index (χ1) is 14.1. The molecule has 0 spiro atoms. The standard InChI is InChI=1S/C19H22FN3O6S/c1-29-18-10-9-16(23(25)26)12-17(18)22(30(2,27)28)11-3-4-19(24)21-13-14-5-7-15(20)8-6-14/h5-10,12H,3-4,11,13H2,1-2H3,(H,21,24). The van der Waals surface area contributed by atoms with Gasteiger partial charge in [0.15, 0.2) is 0 Å². The summed E-state index contributed by atoms with van der Waals surface area (Å²) in [6.07, 6.45) is 1.18. The van der Waals surface area contributed by atoms with E-state index in [9.17, 15) is 27.7 Å². The van der Waals surface area contributed by atoms with Crippen LogP contribution in [-0.4, -0.2) is 39.2 Å². The lowest BCUT2D eigenvalue weighted by molar-refractivity contribution is -0.384. The van der Waals surface area contributed by atoms with Crippen LogP contribution in [0, 0.1) is 15.9 Å². The van der Waals surface area contributed by atoms with Gasteiger partial charge in [0.25, 0.3) is 5.69 Å². The summed E-state index contributed by atoms with van der Waals surface area (Å²) in [6.45, 7) is 0.147. The summed E-state index contributed by atoms with van der Waals surface area (Å²) in [5, 5.41) is 13.7. The molecule has 0 saturated carbocycles. The number of nitrogens with one attached hydrogen (secondary N) is 1. The Morgan fingerprint density at radius 2 is 1.90 bits per heavy atom. The van der Waals surface area contributed by atoms with Gasteiger partial charge in [0.2, 0.25) is 15.9 Å². The van der Waals surface area contributed by atoms with Gasteiger partial charge in [-0.25, -0.2) is 12.8 Å². The molecule has 0 aliphatic rings. The van der Waals surface area contributed by atoms with Crippen molar-refractivity contribution in [2.45, 2.75) is 19.4 Å². The average Bonchev–Trinajstić information content (AvgIpc) is 2.69. The zero-order chi connectivity index (χ0) is 22.3. The van der Waals surface area contributed by atoms with Gasteiger partial charge in [-0.05, 0) is 30.2 Å². The van der Waals surface area contributed by atoms with E-state index in [-0.39, 0.29) is 54.8 Å². The predicted molar refractivity (Wildman–Crippen MR) is 109 cm³/mol. The number of rotatable bonds is 10. The van der Waals surface area contributed by atoms with Crippen LogP contribution in [0.2, 0.25) is 0 Å². The molecule has 2 aromatic carbocycles. The smallest absolute Gasteiger partial charge is 0.271 e. The molecule has 2 rings (SSSR count). The van der Waals surface area contributed by atoms with Crippen molar-refractivity contribution in [3.8, 4) is 5.75 Å². The number of carbonyl (C=O) groups excluding carboxylic acids is 1. The van der Waals surface area contributed by atoms with Crippen LogP contribution in [0.25, 0.3) is 0 Å². The van der Waals surface area contributed by atoms with Crippen molar-refractivity contribution in [3.63, 3.8) is 0 Å². The Bertz CT molecular complexity index is 1010. The summed E-state index contributed by atoms with van der Waals surface area (Å²) in [5.41, 5.74) is 0.473. The van der Waals surface area contributed by atoms with Crippen LogP contribution in [0.5, 0.6) is 5.75 Å². The maximum absolute atomic E-state index is 12.9. The Balaban J connectivity index is 2.04. The minimum atomic E-state index is -3.79. The van der Waals surface area contributed by atoms with E-state index in [1.165, 1.54) is 31.4 Å². The number of nitrogens with zero attached hydrogens (tertiary/aromatic N) is 2. The molecule has 0 bridgehead atoms. The maximum atomic E-state index is 12.9. The number of non-ortho nitro benzene ring substituents is 1. The first-order valence-corrected chi connectivity index (χ1v) is 10.8. The first kappa shape index (κ1) is 23.1. The molecule has 0 heterocycles. The number of nitro groups is 1. The molecular weight excluding hydrogens is 417 g/mol. The summed E-state index contributed by atoms with van der Waals surface area (Å²) in [4.78, 5) is 22.5. The highest BCUT2D eigenvalue weighted by Gasteiger charge is 2.24. The molecule has 0 unspecified atom stereocenters. The summed E-state index contributed by atoms with van der Waals surface area (Å²) >= 11 is 0. The molecule has 30 heavy (non-hydrogen) atoms. The van der Waals surface area contributed by atoms with Gasteiger partial charge in [0.1, 0.15) is 17.3 Å². The lowest BCUT2D eigenvalue weighted by atomic mass is 10.2. The first-order valence-electron chi connectivity index (χ1n) is 8.93. The number of anilines is 1. The number of halogens is 1.